The molecule has 3 N–H and O–H groups in total. The number of aromatic nitrogens is 4. The number of benzene rings is 1. The van der Waals surface area contributed by atoms with Gasteiger partial charge in [-0.15, -0.1) is 0 Å². The van der Waals surface area contributed by atoms with E-state index in [1.54, 1.807) is 23.0 Å². The summed E-state index contributed by atoms with van der Waals surface area (Å²) in [5, 5.41) is 13.9. The molecular formula is C25H23F2N5O. The Bertz CT molecular complexity index is 1360. The third-order valence-electron chi connectivity index (χ3n) is 6.09. The van der Waals surface area contributed by atoms with Crippen LogP contribution < -0.4 is 5.73 Å². The zero-order valence-electron chi connectivity index (χ0n) is 18.0. The molecule has 33 heavy (non-hydrogen) atoms. The summed E-state index contributed by atoms with van der Waals surface area (Å²) in [5.41, 5.74) is 10.2. The molecule has 0 fully saturated rings. The van der Waals surface area contributed by atoms with Crippen LogP contribution >= 0.6 is 0 Å². The highest BCUT2D eigenvalue weighted by Crippen LogP contribution is 2.34. The number of phenolic OH excluding ortho intramolecular Hbond substituents is 1. The Morgan fingerprint density at radius 1 is 1.15 bits per heavy atom. The number of rotatable bonds is 4. The number of phenols is 1. The lowest BCUT2D eigenvalue weighted by Gasteiger charge is -2.27. The quantitative estimate of drug-likeness (QED) is 0.449. The second-order valence-corrected chi connectivity index (χ2v) is 8.58. The Labute approximate surface area is 189 Å². The van der Waals surface area contributed by atoms with Gasteiger partial charge in [-0.25, -0.2) is 18.3 Å². The number of allylic oxidation sites excluding steroid dienone is 1. The van der Waals surface area contributed by atoms with Gasteiger partial charge in [-0.05, 0) is 55.0 Å². The van der Waals surface area contributed by atoms with Crippen molar-refractivity contribution in [1.82, 2.24) is 19.6 Å². The average Bonchev–Trinajstić information content (AvgIpc) is 3.15. The molecule has 0 aliphatic heterocycles. The first kappa shape index (κ1) is 21.2. The van der Waals surface area contributed by atoms with Crippen LogP contribution in [0.3, 0.4) is 0 Å². The number of halogens is 2. The topological polar surface area (TPSA) is 89.3 Å². The zero-order chi connectivity index (χ0) is 23.1. The fourth-order valence-corrected chi connectivity index (χ4v) is 4.69. The number of hydrogen-bond acceptors (Lipinski definition) is 5. The van der Waals surface area contributed by atoms with E-state index in [1.165, 1.54) is 17.2 Å². The molecule has 8 heteroatoms. The number of pyridine rings is 1. The van der Waals surface area contributed by atoms with Crippen molar-refractivity contribution in [3.8, 4) is 17.0 Å². The highest BCUT2D eigenvalue weighted by Gasteiger charge is 2.23. The summed E-state index contributed by atoms with van der Waals surface area (Å²) in [7, 11) is 0. The average molecular weight is 447 g/mol. The molecule has 6 nitrogen and oxygen atoms in total. The van der Waals surface area contributed by atoms with Crippen LogP contribution in [0.5, 0.6) is 5.75 Å². The molecule has 1 aromatic carbocycles. The Morgan fingerprint density at radius 2 is 1.94 bits per heavy atom. The first-order valence-electron chi connectivity index (χ1n) is 10.8. The maximum atomic E-state index is 14.4. The lowest BCUT2D eigenvalue weighted by Crippen LogP contribution is -2.25. The summed E-state index contributed by atoms with van der Waals surface area (Å²) in [5.74, 6) is -1.32. The third kappa shape index (κ3) is 4.09. The van der Waals surface area contributed by atoms with Crippen molar-refractivity contribution in [1.29, 1.82) is 0 Å². The van der Waals surface area contributed by atoms with Gasteiger partial charge in [-0.2, -0.15) is 5.10 Å². The second-order valence-electron chi connectivity index (χ2n) is 8.58. The van der Waals surface area contributed by atoms with E-state index >= 15 is 0 Å². The third-order valence-corrected chi connectivity index (χ3v) is 6.09. The molecule has 0 saturated carbocycles. The van der Waals surface area contributed by atoms with Crippen molar-refractivity contribution in [2.24, 2.45) is 5.73 Å². The van der Waals surface area contributed by atoms with Crippen molar-refractivity contribution in [3.63, 3.8) is 0 Å². The summed E-state index contributed by atoms with van der Waals surface area (Å²) >= 11 is 0. The number of nitrogens with two attached hydrogens (primary N) is 1. The largest absolute Gasteiger partial charge is 0.508 e. The smallest absolute Gasteiger partial charge is 0.139 e. The summed E-state index contributed by atoms with van der Waals surface area (Å²) in [6.07, 6.45) is 9.67. The maximum Gasteiger partial charge on any atom is 0.139 e. The van der Waals surface area contributed by atoms with E-state index in [2.05, 4.69) is 28.1 Å². The Hall–Kier alpha value is -3.65. The van der Waals surface area contributed by atoms with Gasteiger partial charge in [0.15, 0.2) is 0 Å². The van der Waals surface area contributed by atoms with Crippen molar-refractivity contribution in [3.05, 3.63) is 89.2 Å². The molecular weight excluding hydrogens is 424 g/mol. The van der Waals surface area contributed by atoms with Crippen LogP contribution in [0.2, 0.25) is 0 Å². The van der Waals surface area contributed by atoms with Crippen molar-refractivity contribution in [2.75, 3.05) is 0 Å². The molecule has 0 spiro atoms. The van der Waals surface area contributed by atoms with Crippen LogP contribution in [0.25, 0.3) is 16.8 Å². The van der Waals surface area contributed by atoms with Crippen LogP contribution in [0.1, 0.15) is 42.6 Å². The van der Waals surface area contributed by atoms with E-state index in [4.69, 9.17) is 5.73 Å². The highest BCUT2D eigenvalue weighted by atomic mass is 19.1. The van der Waals surface area contributed by atoms with E-state index in [9.17, 15) is 13.9 Å². The van der Waals surface area contributed by atoms with Crippen LogP contribution in [0.15, 0.2) is 60.6 Å². The minimum absolute atomic E-state index is 0.0244. The molecule has 2 atom stereocenters. The summed E-state index contributed by atoms with van der Waals surface area (Å²) in [6.45, 7) is 2.10. The summed E-state index contributed by atoms with van der Waals surface area (Å²) < 4.78 is 30.4. The van der Waals surface area contributed by atoms with E-state index in [0.29, 0.717) is 17.8 Å². The van der Waals surface area contributed by atoms with Gasteiger partial charge in [-0.1, -0.05) is 11.6 Å². The van der Waals surface area contributed by atoms with Crippen LogP contribution in [0.4, 0.5) is 8.78 Å². The Balaban J connectivity index is 1.53. The Kier molecular flexibility index (Phi) is 5.38. The molecule has 1 aliphatic carbocycles. The lowest BCUT2D eigenvalue weighted by molar-refractivity contribution is 0.461. The van der Waals surface area contributed by atoms with Gasteiger partial charge in [0.1, 0.15) is 23.2 Å². The molecule has 1 aliphatic rings. The van der Waals surface area contributed by atoms with Crippen molar-refractivity contribution in [2.45, 2.75) is 38.1 Å². The second kappa shape index (κ2) is 8.37. The minimum atomic E-state index is -0.882. The van der Waals surface area contributed by atoms with Crippen molar-refractivity contribution >= 4 is 5.52 Å². The van der Waals surface area contributed by atoms with Gasteiger partial charge >= 0.3 is 0 Å². The number of imidazole rings is 1. The molecule has 4 aromatic rings. The van der Waals surface area contributed by atoms with Gasteiger partial charge in [0.2, 0.25) is 0 Å². The van der Waals surface area contributed by atoms with Gasteiger partial charge in [-0.3, -0.25) is 4.98 Å². The van der Waals surface area contributed by atoms with Gasteiger partial charge < -0.3 is 10.8 Å². The predicted molar refractivity (Wildman–Crippen MR) is 121 cm³/mol. The molecule has 0 unspecified atom stereocenters. The van der Waals surface area contributed by atoms with E-state index in [0.717, 1.165) is 30.5 Å². The first-order valence-corrected chi connectivity index (χ1v) is 10.8. The number of hydrogen-bond donors (Lipinski definition) is 2. The van der Waals surface area contributed by atoms with E-state index < -0.39 is 17.4 Å². The molecule has 0 saturated heterocycles. The van der Waals surface area contributed by atoms with Gasteiger partial charge in [0.05, 0.1) is 23.0 Å². The van der Waals surface area contributed by atoms with Gasteiger partial charge in [0.25, 0.3) is 0 Å². The first-order chi connectivity index (χ1) is 15.9. The Morgan fingerprint density at radius 3 is 2.70 bits per heavy atom. The minimum Gasteiger partial charge on any atom is -0.508 e. The number of fused-ring (bicyclic) bond motifs is 1. The number of nitrogens with zero attached hydrogens (tertiary/aromatic N) is 4. The fourth-order valence-electron chi connectivity index (χ4n) is 4.69. The van der Waals surface area contributed by atoms with Crippen LogP contribution in [0, 0.1) is 11.6 Å². The fraction of sp³-hybridized carbons (Fsp3) is 0.240. The molecule has 3 aromatic heterocycles. The monoisotopic (exact) mass is 447 g/mol. The summed E-state index contributed by atoms with van der Waals surface area (Å²) in [4.78, 5) is 8.82. The normalized spacial score (nSPS) is 18.5. The molecule has 0 amide bonds. The maximum absolute atomic E-state index is 14.4. The molecule has 0 bridgehead atoms. The number of aromatic hydroxyl groups is 1. The van der Waals surface area contributed by atoms with Crippen molar-refractivity contribution < 1.29 is 13.9 Å². The molecule has 3 heterocycles. The standard InChI is InChI=1S/C25H23F2N5O/c1-14-6-15(8-17(28)7-14)20-4-5-29-12-16(20)9-24-30-13-18-2-3-23(31-32(18)24)25-21(26)10-19(33)11-22(25)27/h2-5,7,10-13,15,17,33H,6,8-9,28H2,1H3/t15-,17+/m1/s1. The van der Waals surface area contributed by atoms with E-state index in [-0.39, 0.29) is 23.2 Å². The van der Waals surface area contributed by atoms with Crippen LogP contribution in [-0.4, -0.2) is 30.7 Å². The zero-order valence-corrected chi connectivity index (χ0v) is 18.0. The van der Waals surface area contributed by atoms with Crippen LogP contribution in [-0.2, 0) is 6.42 Å². The molecule has 0 radical (unpaired) electrons. The SMILES string of the molecule is CC1=C[C@H](N)C[C@H](c2ccncc2Cc2ncc3ccc(-c4c(F)cc(O)cc4F)nn23)C1. The van der Waals surface area contributed by atoms with E-state index in [1.807, 2.05) is 12.3 Å². The highest BCUT2D eigenvalue weighted by molar-refractivity contribution is 5.63. The lowest BCUT2D eigenvalue weighted by atomic mass is 9.80. The molecule has 168 valence electrons. The molecule has 5 rings (SSSR count). The predicted octanol–water partition coefficient (Wildman–Crippen LogP) is 4.52. The summed E-state index contributed by atoms with van der Waals surface area (Å²) in [6, 6.07) is 7.03. The van der Waals surface area contributed by atoms with Gasteiger partial charge in [0, 0.05) is 37.0 Å².